The van der Waals surface area contributed by atoms with Crippen LogP contribution in [-0.2, 0) is 11.2 Å². The van der Waals surface area contributed by atoms with E-state index in [-0.39, 0.29) is 5.78 Å². The molecule has 0 atom stereocenters. The van der Waals surface area contributed by atoms with Crippen molar-refractivity contribution >= 4 is 11.5 Å². The number of aryl methyl sites for hydroxylation is 1. The van der Waals surface area contributed by atoms with Gasteiger partial charge in [-0.3, -0.25) is 4.79 Å². The largest absolute Gasteiger partial charge is 0.495 e. The zero-order valence-electron chi connectivity index (χ0n) is 11.9. The molecule has 1 heterocycles. The van der Waals surface area contributed by atoms with Crippen LogP contribution in [0.15, 0.2) is 12.1 Å². The summed E-state index contributed by atoms with van der Waals surface area (Å²) in [5.74, 6) is 0.855. The lowest BCUT2D eigenvalue weighted by Gasteiger charge is -2.30. The van der Waals surface area contributed by atoms with E-state index in [1.807, 2.05) is 6.07 Å². The van der Waals surface area contributed by atoms with E-state index in [0.29, 0.717) is 0 Å². The van der Waals surface area contributed by atoms with Gasteiger partial charge in [-0.1, -0.05) is 6.92 Å². The summed E-state index contributed by atoms with van der Waals surface area (Å²) in [6.07, 6.45) is 0.843. The SMILES string of the molecule is CCc1cc(N2CCOCC2)c(OC)cc1C(C)=O. The average Bonchev–Trinajstić information content (AvgIpc) is 2.46. The second kappa shape index (κ2) is 6.06. The van der Waals surface area contributed by atoms with Crippen molar-refractivity contribution in [3.05, 3.63) is 23.3 Å². The number of rotatable bonds is 4. The maximum Gasteiger partial charge on any atom is 0.160 e. The average molecular weight is 263 g/mol. The van der Waals surface area contributed by atoms with Crippen molar-refractivity contribution in [3.63, 3.8) is 0 Å². The Bertz CT molecular complexity index is 465. The Balaban J connectivity index is 2.44. The summed E-state index contributed by atoms with van der Waals surface area (Å²) >= 11 is 0. The van der Waals surface area contributed by atoms with E-state index >= 15 is 0 Å². The molecule has 104 valence electrons. The Morgan fingerprint density at radius 2 is 2.05 bits per heavy atom. The number of benzene rings is 1. The molecular weight excluding hydrogens is 242 g/mol. The third-order valence-corrected chi connectivity index (χ3v) is 3.52. The topological polar surface area (TPSA) is 38.8 Å². The molecule has 0 N–H and O–H groups in total. The van der Waals surface area contributed by atoms with Gasteiger partial charge >= 0.3 is 0 Å². The number of hydrogen-bond acceptors (Lipinski definition) is 4. The van der Waals surface area contributed by atoms with Gasteiger partial charge in [-0.2, -0.15) is 0 Å². The van der Waals surface area contributed by atoms with Crippen LogP contribution in [0.1, 0.15) is 29.8 Å². The molecule has 0 aliphatic carbocycles. The molecule has 19 heavy (non-hydrogen) atoms. The minimum Gasteiger partial charge on any atom is -0.495 e. The van der Waals surface area contributed by atoms with E-state index in [2.05, 4.69) is 17.9 Å². The number of methoxy groups -OCH3 is 1. The van der Waals surface area contributed by atoms with E-state index < -0.39 is 0 Å². The summed E-state index contributed by atoms with van der Waals surface area (Å²) in [6, 6.07) is 3.95. The van der Waals surface area contributed by atoms with Gasteiger partial charge in [0.1, 0.15) is 5.75 Å². The first kappa shape index (κ1) is 13.9. The molecule has 1 saturated heterocycles. The number of hydrogen-bond donors (Lipinski definition) is 0. The molecule has 0 radical (unpaired) electrons. The normalized spacial score (nSPS) is 15.4. The van der Waals surface area contributed by atoms with Gasteiger partial charge in [0.2, 0.25) is 0 Å². The molecule has 0 unspecified atom stereocenters. The monoisotopic (exact) mass is 263 g/mol. The van der Waals surface area contributed by atoms with Crippen molar-refractivity contribution in [2.75, 3.05) is 38.3 Å². The van der Waals surface area contributed by atoms with E-state index in [1.165, 1.54) is 0 Å². The molecular formula is C15H21NO3. The minimum atomic E-state index is 0.0867. The molecule has 4 heteroatoms. The van der Waals surface area contributed by atoms with Gasteiger partial charge in [0.05, 0.1) is 26.0 Å². The molecule has 1 aliphatic rings. The minimum absolute atomic E-state index is 0.0867. The fourth-order valence-electron chi connectivity index (χ4n) is 2.45. The van der Waals surface area contributed by atoms with E-state index in [9.17, 15) is 4.79 Å². The van der Waals surface area contributed by atoms with Crippen molar-refractivity contribution in [1.29, 1.82) is 0 Å². The van der Waals surface area contributed by atoms with Crippen LogP contribution in [0.3, 0.4) is 0 Å². The summed E-state index contributed by atoms with van der Waals surface area (Å²) in [4.78, 5) is 13.9. The van der Waals surface area contributed by atoms with Crippen LogP contribution >= 0.6 is 0 Å². The summed E-state index contributed by atoms with van der Waals surface area (Å²) in [5.41, 5.74) is 2.90. The molecule has 0 aromatic heterocycles. The quantitative estimate of drug-likeness (QED) is 0.781. The van der Waals surface area contributed by atoms with Gasteiger partial charge in [0.25, 0.3) is 0 Å². The molecule has 1 fully saturated rings. The third kappa shape index (κ3) is 2.89. The van der Waals surface area contributed by atoms with Crippen LogP contribution < -0.4 is 9.64 Å². The lowest BCUT2D eigenvalue weighted by Crippen LogP contribution is -2.36. The predicted octanol–water partition coefficient (Wildman–Crippen LogP) is 2.30. The highest BCUT2D eigenvalue weighted by atomic mass is 16.5. The van der Waals surface area contributed by atoms with Crippen LogP contribution in [-0.4, -0.2) is 39.2 Å². The van der Waals surface area contributed by atoms with Crippen LogP contribution in [0.25, 0.3) is 0 Å². The van der Waals surface area contributed by atoms with Crippen LogP contribution in [0.4, 0.5) is 5.69 Å². The zero-order valence-corrected chi connectivity index (χ0v) is 11.9. The summed E-state index contributed by atoms with van der Waals surface area (Å²) in [5, 5.41) is 0. The lowest BCUT2D eigenvalue weighted by atomic mass is 10.00. The second-order valence-corrected chi connectivity index (χ2v) is 4.69. The fourth-order valence-corrected chi connectivity index (χ4v) is 2.45. The Labute approximate surface area is 114 Å². The second-order valence-electron chi connectivity index (χ2n) is 4.69. The molecule has 1 aromatic carbocycles. The first-order valence-corrected chi connectivity index (χ1v) is 6.72. The maximum absolute atomic E-state index is 11.7. The van der Waals surface area contributed by atoms with E-state index in [4.69, 9.17) is 9.47 Å². The highest BCUT2D eigenvalue weighted by molar-refractivity contribution is 5.97. The molecule has 1 aliphatic heterocycles. The molecule has 0 saturated carbocycles. The number of carbonyl (C=O) groups excluding carboxylic acids is 1. The summed E-state index contributed by atoms with van der Waals surface area (Å²) < 4.78 is 10.8. The summed E-state index contributed by atoms with van der Waals surface area (Å²) in [6.45, 7) is 6.86. The Kier molecular flexibility index (Phi) is 4.43. The van der Waals surface area contributed by atoms with E-state index in [1.54, 1.807) is 14.0 Å². The molecule has 0 bridgehead atoms. The highest BCUT2D eigenvalue weighted by Gasteiger charge is 2.19. The molecule has 0 spiro atoms. The van der Waals surface area contributed by atoms with Crippen molar-refractivity contribution in [1.82, 2.24) is 0 Å². The number of nitrogens with zero attached hydrogens (tertiary/aromatic N) is 1. The van der Waals surface area contributed by atoms with Gasteiger partial charge in [-0.25, -0.2) is 0 Å². The Hall–Kier alpha value is -1.55. The third-order valence-electron chi connectivity index (χ3n) is 3.52. The molecule has 2 rings (SSSR count). The van der Waals surface area contributed by atoms with Crippen LogP contribution in [0.5, 0.6) is 5.75 Å². The first-order valence-electron chi connectivity index (χ1n) is 6.72. The zero-order chi connectivity index (χ0) is 13.8. The van der Waals surface area contributed by atoms with Crippen molar-refractivity contribution in [2.24, 2.45) is 0 Å². The van der Waals surface area contributed by atoms with Crippen molar-refractivity contribution in [2.45, 2.75) is 20.3 Å². The number of morpholine rings is 1. The molecule has 4 nitrogen and oxygen atoms in total. The van der Waals surface area contributed by atoms with Crippen molar-refractivity contribution < 1.29 is 14.3 Å². The highest BCUT2D eigenvalue weighted by Crippen LogP contribution is 2.32. The molecule has 0 amide bonds. The van der Waals surface area contributed by atoms with Gasteiger partial charge in [-0.05, 0) is 31.0 Å². The van der Waals surface area contributed by atoms with Gasteiger partial charge in [-0.15, -0.1) is 0 Å². The number of anilines is 1. The molecule has 1 aromatic rings. The Morgan fingerprint density at radius 3 is 2.58 bits per heavy atom. The van der Waals surface area contributed by atoms with Gasteiger partial charge in [0.15, 0.2) is 5.78 Å². The maximum atomic E-state index is 11.7. The predicted molar refractivity (Wildman–Crippen MR) is 75.4 cm³/mol. The van der Waals surface area contributed by atoms with Crippen molar-refractivity contribution in [3.8, 4) is 5.75 Å². The van der Waals surface area contributed by atoms with Crippen LogP contribution in [0.2, 0.25) is 0 Å². The number of Topliss-reactive ketones (excluding diaryl/α,β-unsaturated/α-hetero) is 1. The smallest absolute Gasteiger partial charge is 0.160 e. The van der Waals surface area contributed by atoms with E-state index in [0.717, 1.165) is 55.3 Å². The number of carbonyl (C=O) groups is 1. The fraction of sp³-hybridized carbons (Fsp3) is 0.533. The number of ether oxygens (including phenoxy) is 2. The number of ketones is 1. The Morgan fingerprint density at radius 1 is 1.37 bits per heavy atom. The standard InChI is InChI=1S/C15H21NO3/c1-4-12-9-14(16-5-7-19-8-6-16)15(18-3)10-13(12)11(2)17/h9-10H,4-8H2,1-3H3. The van der Waals surface area contributed by atoms with Crippen LogP contribution in [0, 0.1) is 0 Å². The summed E-state index contributed by atoms with van der Waals surface area (Å²) in [7, 11) is 1.65. The van der Waals surface area contributed by atoms with Gasteiger partial charge in [0, 0.05) is 18.7 Å². The first-order chi connectivity index (χ1) is 9.17. The van der Waals surface area contributed by atoms with Gasteiger partial charge < -0.3 is 14.4 Å². The lowest BCUT2D eigenvalue weighted by molar-refractivity contribution is 0.101.